The first-order chi connectivity index (χ1) is 7.19. The van der Waals surface area contributed by atoms with E-state index in [2.05, 4.69) is 10.3 Å². The lowest BCUT2D eigenvalue weighted by molar-refractivity contribution is 0.128. The lowest BCUT2D eigenvalue weighted by atomic mass is 10.2. The van der Waals surface area contributed by atoms with E-state index in [4.69, 9.17) is 15.7 Å². The fraction of sp³-hybridized carbons (Fsp3) is 0.400. The second-order valence-electron chi connectivity index (χ2n) is 3.16. The number of ether oxygens (including phenoxy) is 1. The standard InChI is InChI=1S/C10H14N4O/c1-7(15-2)6-14-10-9(12)8(5-11)3-4-13-10/h3-4,7H,6,12H2,1-2H3,(H,13,14). The van der Waals surface area contributed by atoms with Crippen LogP contribution in [0.1, 0.15) is 12.5 Å². The number of nitrogen functional groups attached to an aromatic ring is 1. The number of nitriles is 1. The summed E-state index contributed by atoms with van der Waals surface area (Å²) in [6.45, 7) is 2.53. The summed E-state index contributed by atoms with van der Waals surface area (Å²) in [6.07, 6.45) is 1.62. The zero-order chi connectivity index (χ0) is 11.3. The van der Waals surface area contributed by atoms with E-state index in [9.17, 15) is 0 Å². The van der Waals surface area contributed by atoms with Gasteiger partial charge in [0.1, 0.15) is 6.07 Å². The monoisotopic (exact) mass is 206 g/mol. The topological polar surface area (TPSA) is 84.0 Å². The first-order valence-electron chi connectivity index (χ1n) is 4.60. The second kappa shape index (κ2) is 5.17. The SMILES string of the molecule is COC(C)CNc1nccc(C#N)c1N. The van der Waals surface area contributed by atoms with Crippen LogP contribution in [0.15, 0.2) is 12.3 Å². The molecule has 5 heteroatoms. The average molecular weight is 206 g/mol. The molecule has 0 saturated carbocycles. The fourth-order valence-electron chi connectivity index (χ4n) is 1.04. The van der Waals surface area contributed by atoms with Crippen molar-refractivity contribution in [1.29, 1.82) is 5.26 Å². The van der Waals surface area contributed by atoms with Gasteiger partial charge >= 0.3 is 0 Å². The van der Waals surface area contributed by atoms with E-state index in [1.807, 2.05) is 13.0 Å². The van der Waals surface area contributed by atoms with Gasteiger partial charge in [-0.25, -0.2) is 4.98 Å². The highest BCUT2D eigenvalue weighted by Gasteiger charge is 2.06. The van der Waals surface area contributed by atoms with Crippen molar-refractivity contribution in [3.05, 3.63) is 17.8 Å². The summed E-state index contributed by atoms with van der Waals surface area (Å²) in [5.41, 5.74) is 6.54. The number of aromatic nitrogens is 1. The Kier molecular flexibility index (Phi) is 3.89. The van der Waals surface area contributed by atoms with Crippen molar-refractivity contribution in [3.8, 4) is 6.07 Å². The Labute approximate surface area is 88.9 Å². The molecule has 0 fully saturated rings. The van der Waals surface area contributed by atoms with E-state index < -0.39 is 0 Å². The van der Waals surface area contributed by atoms with E-state index in [-0.39, 0.29) is 6.10 Å². The molecule has 3 N–H and O–H groups in total. The first kappa shape index (κ1) is 11.3. The molecule has 1 unspecified atom stereocenters. The number of rotatable bonds is 4. The number of hydrogen-bond donors (Lipinski definition) is 2. The van der Waals surface area contributed by atoms with Gasteiger partial charge in [-0.1, -0.05) is 0 Å². The molecule has 0 radical (unpaired) electrons. The van der Waals surface area contributed by atoms with Gasteiger partial charge in [0.25, 0.3) is 0 Å². The van der Waals surface area contributed by atoms with Gasteiger partial charge in [0.05, 0.1) is 17.4 Å². The van der Waals surface area contributed by atoms with E-state index in [0.29, 0.717) is 23.6 Å². The van der Waals surface area contributed by atoms with Crippen LogP contribution in [-0.2, 0) is 4.74 Å². The van der Waals surface area contributed by atoms with Crippen LogP contribution in [-0.4, -0.2) is 24.7 Å². The van der Waals surface area contributed by atoms with Gasteiger partial charge in [-0.15, -0.1) is 0 Å². The normalized spacial score (nSPS) is 11.8. The third-order valence-corrected chi connectivity index (χ3v) is 2.07. The van der Waals surface area contributed by atoms with Gasteiger partial charge < -0.3 is 15.8 Å². The number of nitrogens with one attached hydrogen (secondary N) is 1. The molecular formula is C10H14N4O. The number of hydrogen-bond acceptors (Lipinski definition) is 5. The van der Waals surface area contributed by atoms with Crippen molar-refractivity contribution in [2.75, 3.05) is 24.7 Å². The summed E-state index contributed by atoms with van der Waals surface area (Å²) in [5.74, 6) is 0.526. The molecule has 1 aromatic rings. The smallest absolute Gasteiger partial charge is 0.150 e. The number of nitrogens with two attached hydrogens (primary N) is 1. The molecule has 0 aromatic carbocycles. The van der Waals surface area contributed by atoms with Gasteiger partial charge in [-0.2, -0.15) is 5.26 Å². The summed E-state index contributed by atoms with van der Waals surface area (Å²) in [4.78, 5) is 4.05. The van der Waals surface area contributed by atoms with Crippen molar-refractivity contribution >= 4 is 11.5 Å². The maximum atomic E-state index is 8.76. The Morgan fingerprint density at radius 3 is 3.07 bits per heavy atom. The molecular weight excluding hydrogens is 192 g/mol. The number of methoxy groups -OCH3 is 1. The van der Waals surface area contributed by atoms with Gasteiger partial charge in [-0.05, 0) is 13.0 Å². The largest absolute Gasteiger partial charge is 0.395 e. The molecule has 0 aliphatic heterocycles. The minimum Gasteiger partial charge on any atom is -0.395 e. The lowest BCUT2D eigenvalue weighted by Crippen LogP contribution is -2.19. The highest BCUT2D eigenvalue weighted by molar-refractivity contribution is 5.68. The zero-order valence-corrected chi connectivity index (χ0v) is 8.82. The molecule has 0 spiro atoms. The van der Waals surface area contributed by atoms with Gasteiger partial charge in [0.2, 0.25) is 0 Å². The number of pyridine rings is 1. The van der Waals surface area contributed by atoms with Gasteiger partial charge in [0.15, 0.2) is 5.82 Å². The third-order valence-electron chi connectivity index (χ3n) is 2.07. The van der Waals surface area contributed by atoms with Crippen molar-refractivity contribution in [3.63, 3.8) is 0 Å². The van der Waals surface area contributed by atoms with Crippen LogP contribution in [0.25, 0.3) is 0 Å². The molecule has 15 heavy (non-hydrogen) atoms. The van der Waals surface area contributed by atoms with Crippen molar-refractivity contribution < 1.29 is 4.74 Å². The Morgan fingerprint density at radius 1 is 1.73 bits per heavy atom. The molecule has 5 nitrogen and oxygen atoms in total. The molecule has 0 bridgehead atoms. The quantitative estimate of drug-likeness (QED) is 0.767. The van der Waals surface area contributed by atoms with E-state index in [0.717, 1.165) is 0 Å². The third kappa shape index (κ3) is 2.82. The Hall–Kier alpha value is -1.80. The maximum Gasteiger partial charge on any atom is 0.150 e. The molecule has 1 atom stereocenters. The van der Waals surface area contributed by atoms with Crippen LogP contribution >= 0.6 is 0 Å². The minimum absolute atomic E-state index is 0.0666. The number of nitrogens with zero attached hydrogens (tertiary/aromatic N) is 2. The van der Waals surface area contributed by atoms with Crippen LogP contribution in [0.2, 0.25) is 0 Å². The summed E-state index contributed by atoms with van der Waals surface area (Å²) in [6, 6.07) is 3.58. The second-order valence-corrected chi connectivity index (χ2v) is 3.16. The highest BCUT2D eigenvalue weighted by Crippen LogP contribution is 2.18. The van der Waals surface area contributed by atoms with Crippen molar-refractivity contribution in [2.24, 2.45) is 0 Å². The average Bonchev–Trinajstić information content (AvgIpc) is 2.27. The molecule has 1 rings (SSSR count). The fourth-order valence-corrected chi connectivity index (χ4v) is 1.04. The predicted octanol–water partition coefficient (Wildman–Crippen LogP) is 0.982. The first-order valence-corrected chi connectivity index (χ1v) is 4.60. The maximum absolute atomic E-state index is 8.76. The van der Waals surface area contributed by atoms with E-state index >= 15 is 0 Å². The lowest BCUT2D eigenvalue weighted by Gasteiger charge is -2.12. The van der Waals surface area contributed by atoms with E-state index in [1.165, 1.54) is 0 Å². The molecule has 0 amide bonds. The summed E-state index contributed by atoms with van der Waals surface area (Å²) < 4.78 is 5.07. The van der Waals surface area contributed by atoms with Crippen molar-refractivity contribution in [2.45, 2.75) is 13.0 Å². The Balaban J connectivity index is 2.74. The predicted molar refractivity (Wildman–Crippen MR) is 58.3 cm³/mol. The Bertz CT molecular complexity index is 372. The van der Waals surface area contributed by atoms with Crippen LogP contribution in [0, 0.1) is 11.3 Å². The van der Waals surface area contributed by atoms with Crippen LogP contribution in [0.3, 0.4) is 0 Å². The van der Waals surface area contributed by atoms with Gasteiger partial charge in [-0.3, -0.25) is 0 Å². The van der Waals surface area contributed by atoms with Crippen LogP contribution < -0.4 is 11.1 Å². The summed E-state index contributed by atoms with van der Waals surface area (Å²) >= 11 is 0. The molecule has 0 saturated heterocycles. The van der Waals surface area contributed by atoms with Gasteiger partial charge in [0, 0.05) is 19.9 Å². The highest BCUT2D eigenvalue weighted by atomic mass is 16.5. The molecule has 1 aromatic heterocycles. The zero-order valence-electron chi connectivity index (χ0n) is 8.82. The Morgan fingerprint density at radius 2 is 2.47 bits per heavy atom. The summed E-state index contributed by atoms with van der Waals surface area (Å²) in [7, 11) is 1.63. The van der Waals surface area contributed by atoms with Crippen LogP contribution in [0.4, 0.5) is 11.5 Å². The van der Waals surface area contributed by atoms with Crippen LogP contribution in [0.5, 0.6) is 0 Å². The molecule has 1 heterocycles. The minimum atomic E-state index is 0.0666. The van der Waals surface area contributed by atoms with E-state index in [1.54, 1.807) is 19.4 Å². The molecule has 80 valence electrons. The summed E-state index contributed by atoms with van der Waals surface area (Å²) in [5, 5.41) is 11.8. The molecule has 0 aliphatic rings. The van der Waals surface area contributed by atoms with Crippen molar-refractivity contribution in [1.82, 2.24) is 4.98 Å². The molecule has 0 aliphatic carbocycles. The number of anilines is 2.